The van der Waals surface area contributed by atoms with Crippen LogP contribution in [0.5, 0.6) is 0 Å². The molecule has 1 aliphatic heterocycles. The molecule has 3 N–H and O–H groups in total. The number of primary sulfonamides is 1. The predicted octanol–water partition coefficient (Wildman–Crippen LogP) is 0.887. The summed E-state index contributed by atoms with van der Waals surface area (Å²) >= 11 is 0. The van der Waals surface area contributed by atoms with Gasteiger partial charge < -0.3 is 4.90 Å². The minimum absolute atomic E-state index is 0.0571. The number of sulfonamides is 1. The first-order valence-electron chi connectivity index (χ1n) is 8.76. The molecule has 2 aromatic rings. The molecule has 0 saturated carbocycles. The highest BCUT2D eigenvalue weighted by Gasteiger charge is 2.36. The number of hydrogen-bond donors (Lipinski definition) is 2. The van der Waals surface area contributed by atoms with Crippen molar-refractivity contribution in [3.05, 3.63) is 40.7 Å². The number of rotatable bonds is 4. The zero-order chi connectivity index (χ0) is 20.8. The van der Waals surface area contributed by atoms with Gasteiger partial charge in [0.1, 0.15) is 0 Å². The fourth-order valence-corrected chi connectivity index (χ4v) is 4.62. The molecule has 0 aliphatic carbocycles. The summed E-state index contributed by atoms with van der Waals surface area (Å²) in [5, 5.41) is 9.46. The van der Waals surface area contributed by atoms with E-state index in [1.54, 1.807) is 26.0 Å². The van der Waals surface area contributed by atoms with Crippen LogP contribution in [0.15, 0.2) is 23.1 Å². The fourth-order valence-electron chi connectivity index (χ4n) is 3.60. The number of carbonyl (C=O) groups is 2. The fraction of sp³-hybridized carbons (Fsp3) is 0.389. The molecule has 1 atom stereocenters. The first-order valence-corrected chi connectivity index (χ1v) is 10.3. The van der Waals surface area contributed by atoms with E-state index < -0.39 is 15.9 Å². The highest BCUT2D eigenvalue weighted by molar-refractivity contribution is 7.89. The average Bonchev–Trinajstić information content (AvgIpc) is 3.07. The van der Waals surface area contributed by atoms with E-state index in [0.717, 1.165) is 11.4 Å². The molecule has 0 spiro atoms. The summed E-state index contributed by atoms with van der Waals surface area (Å²) in [7, 11) is -3.86. The number of aryl methyl sites for hydroxylation is 4. The van der Waals surface area contributed by atoms with Crippen molar-refractivity contribution in [3.63, 3.8) is 0 Å². The zero-order valence-electron chi connectivity index (χ0n) is 16.2. The Labute approximate surface area is 163 Å². The third-order valence-electron chi connectivity index (χ3n) is 4.76. The molecule has 0 bridgehead atoms. The molecule has 1 fully saturated rings. The Morgan fingerprint density at radius 2 is 1.79 bits per heavy atom. The van der Waals surface area contributed by atoms with E-state index in [9.17, 15) is 18.0 Å². The Bertz CT molecular complexity index is 1050. The zero-order valence-corrected chi connectivity index (χ0v) is 17.0. The van der Waals surface area contributed by atoms with Crippen molar-refractivity contribution in [2.45, 2.75) is 39.0 Å². The maximum Gasteiger partial charge on any atom is 0.245 e. The molecule has 3 rings (SSSR count). The minimum atomic E-state index is -3.86. The van der Waals surface area contributed by atoms with Crippen molar-refractivity contribution in [1.29, 1.82) is 0 Å². The van der Waals surface area contributed by atoms with Gasteiger partial charge in [-0.15, -0.1) is 0 Å². The Morgan fingerprint density at radius 3 is 2.29 bits per heavy atom. The Morgan fingerprint density at radius 1 is 1.18 bits per heavy atom. The number of benzene rings is 1. The first-order chi connectivity index (χ1) is 13.0. The standard InChI is InChI=1S/C18H23N5O4S/c1-10-5-15(6-11(2)17(10)28(19,26)27)22-9-14(8-16(22)24)18(25)21-23-13(4)7-12(3)20-23/h5-7,14H,8-9H2,1-4H3,(H,21,25)(H2,19,26,27). The number of carbonyl (C=O) groups excluding carboxylic acids is 2. The van der Waals surface area contributed by atoms with Crippen LogP contribution in [-0.2, 0) is 19.6 Å². The van der Waals surface area contributed by atoms with Gasteiger partial charge in [-0.1, -0.05) is 0 Å². The molecule has 9 nitrogen and oxygen atoms in total. The molecule has 1 aromatic carbocycles. The average molecular weight is 405 g/mol. The van der Waals surface area contributed by atoms with Crippen molar-refractivity contribution >= 4 is 27.5 Å². The molecule has 150 valence electrons. The van der Waals surface area contributed by atoms with E-state index in [1.165, 1.54) is 9.69 Å². The Hall–Kier alpha value is -2.72. The maximum absolute atomic E-state index is 12.6. The second-order valence-electron chi connectivity index (χ2n) is 7.17. The normalized spacial score (nSPS) is 17.2. The van der Waals surface area contributed by atoms with Crippen LogP contribution >= 0.6 is 0 Å². The van der Waals surface area contributed by atoms with Gasteiger partial charge in [0.15, 0.2) is 0 Å². The third-order valence-corrected chi connectivity index (χ3v) is 5.98. The largest absolute Gasteiger partial charge is 0.312 e. The van der Waals surface area contributed by atoms with Gasteiger partial charge in [-0.2, -0.15) is 9.89 Å². The number of nitrogens with two attached hydrogens (primary N) is 1. The van der Waals surface area contributed by atoms with Crippen molar-refractivity contribution in [3.8, 4) is 0 Å². The Kier molecular flexibility index (Phi) is 5.02. The van der Waals surface area contributed by atoms with E-state index >= 15 is 0 Å². The summed E-state index contributed by atoms with van der Waals surface area (Å²) < 4.78 is 23.5. The van der Waals surface area contributed by atoms with Crippen molar-refractivity contribution in [2.24, 2.45) is 11.1 Å². The molecule has 2 heterocycles. The van der Waals surface area contributed by atoms with E-state index in [0.29, 0.717) is 16.8 Å². The summed E-state index contributed by atoms with van der Waals surface area (Å²) in [4.78, 5) is 28.0. The number of aromatic nitrogens is 2. The molecule has 1 unspecified atom stereocenters. The molecule has 2 amide bonds. The van der Waals surface area contributed by atoms with Gasteiger partial charge in [0, 0.05) is 18.7 Å². The van der Waals surface area contributed by atoms with Crippen LogP contribution in [0.3, 0.4) is 0 Å². The van der Waals surface area contributed by atoms with Gasteiger partial charge in [-0.3, -0.25) is 9.59 Å². The lowest BCUT2D eigenvalue weighted by atomic mass is 10.1. The van der Waals surface area contributed by atoms with Crippen molar-refractivity contribution < 1.29 is 18.0 Å². The van der Waals surface area contributed by atoms with E-state index in [-0.39, 0.29) is 29.7 Å². The van der Waals surface area contributed by atoms with Gasteiger partial charge in [-0.05, 0) is 57.0 Å². The van der Waals surface area contributed by atoms with Gasteiger partial charge in [0.25, 0.3) is 0 Å². The summed E-state index contributed by atoms with van der Waals surface area (Å²) in [6, 6.07) is 5.04. The predicted molar refractivity (Wildman–Crippen MR) is 104 cm³/mol. The lowest BCUT2D eigenvalue weighted by Gasteiger charge is -2.19. The van der Waals surface area contributed by atoms with Crippen LogP contribution in [0.4, 0.5) is 5.69 Å². The van der Waals surface area contributed by atoms with Crippen LogP contribution in [0.25, 0.3) is 0 Å². The second-order valence-corrected chi connectivity index (χ2v) is 8.67. The molecule has 1 aromatic heterocycles. The molecule has 1 aliphatic rings. The molecule has 1 saturated heterocycles. The highest BCUT2D eigenvalue weighted by Crippen LogP contribution is 2.30. The van der Waals surface area contributed by atoms with Gasteiger partial charge in [-0.25, -0.2) is 19.0 Å². The lowest BCUT2D eigenvalue weighted by molar-refractivity contribution is -0.123. The summed E-state index contributed by atoms with van der Waals surface area (Å²) in [5.41, 5.74) is 5.75. The van der Waals surface area contributed by atoms with Crippen LogP contribution in [0, 0.1) is 33.6 Å². The number of amides is 2. The smallest absolute Gasteiger partial charge is 0.245 e. The summed E-state index contributed by atoms with van der Waals surface area (Å²) in [6.07, 6.45) is 0.0696. The molecule has 10 heteroatoms. The van der Waals surface area contributed by atoms with Gasteiger partial charge in [0.05, 0.1) is 22.2 Å². The van der Waals surface area contributed by atoms with Gasteiger partial charge >= 0.3 is 0 Å². The van der Waals surface area contributed by atoms with E-state index in [1.807, 2.05) is 19.9 Å². The van der Waals surface area contributed by atoms with E-state index in [2.05, 4.69) is 10.5 Å². The van der Waals surface area contributed by atoms with Crippen LogP contribution < -0.4 is 15.5 Å². The monoisotopic (exact) mass is 405 g/mol. The van der Waals surface area contributed by atoms with Crippen molar-refractivity contribution in [1.82, 2.24) is 9.89 Å². The lowest BCUT2D eigenvalue weighted by Crippen LogP contribution is -2.33. The van der Waals surface area contributed by atoms with Crippen LogP contribution in [-0.4, -0.2) is 36.7 Å². The van der Waals surface area contributed by atoms with Crippen LogP contribution in [0.1, 0.15) is 28.9 Å². The maximum atomic E-state index is 12.6. The Balaban J connectivity index is 1.81. The number of nitrogens with one attached hydrogen (secondary N) is 1. The second kappa shape index (κ2) is 7.02. The quantitative estimate of drug-likeness (QED) is 0.781. The summed E-state index contributed by atoms with van der Waals surface area (Å²) in [6.45, 7) is 7.11. The third kappa shape index (κ3) is 3.78. The first kappa shape index (κ1) is 20.0. The SMILES string of the molecule is Cc1cc(C)n(NC(=O)C2CC(=O)N(c3cc(C)c(S(N)(=O)=O)c(C)c3)C2)n1. The van der Waals surface area contributed by atoms with Gasteiger partial charge in [0.2, 0.25) is 21.8 Å². The number of nitrogens with zero attached hydrogens (tertiary/aromatic N) is 3. The summed E-state index contributed by atoms with van der Waals surface area (Å²) in [5.74, 6) is -1.03. The minimum Gasteiger partial charge on any atom is -0.312 e. The van der Waals surface area contributed by atoms with Crippen LogP contribution in [0.2, 0.25) is 0 Å². The highest BCUT2D eigenvalue weighted by atomic mass is 32.2. The molecule has 28 heavy (non-hydrogen) atoms. The molecular formula is C18H23N5O4S. The topological polar surface area (TPSA) is 127 Å². The molecular weight excluding hydrogens is 382 g/mol. The van der Waals surface area contributed by atoms with E-state index in [4.69, 9.17) is 5.14 Å². The number of hydrogen-bond acceptors (Lipinski definition) is 5. The number of anilines is 1. The molecule has 0 radical (unpaired) electrons. The van der Waals surface area contributed by atoms with Crippen molar-refractivity contribution in [2.75, 3.05) is 16.9 Å².